The van der Waals surface area contributed by atoms with E-state index < -0.39 is 0 Å². The van der Waals surface area contributed by atoms with Gasteiger partial charge in [0.05, 0.1) is 0 Å². The standard InChI is InChI=1S/C11H12O/c1-2-3-7-10-12-11-8-5-4-6-9-11/h2-9H,1,10H2. The SMILES string of the molecule is C=CC=CCOc1ccccc1. The first kappa shape index (κ1) is 8.60. The zero-order valence-electron chi connectivity index (χ0n) is 6.94. The molecular formula is C11H12O. The molecule has 0 spiro atoms. The molecule has 0 saturated heterocycles. The van der Waals surface area contributed by atoms with Crippen molar-refractivity contribution in [1.82, 2.24) is 0 Å². The molecular weight excluding hydrogens is 148 g/mol. The van der Waals surface area contributed by atoms with Crippen molar-refractivity contribution in [3.05, 3.63) is 55.1 Å². The Morgan fingerprint density at radius 2 is 2.00 bits per heavy atom. The fraction of sp³-hybridized carbons (Fsp3) is 0.0909. The van der Waals surface area contributed by atoms with Crippen LogP contribution in [0.5, 0.6) is 5.75 Å². The predicted octanol–water partition coefficient (Wildman–Crippen LogP) is 2.81. The zero-order chi connectivity index (χ0) is 8.65. The summed E-state index contributed by atoms with van der Waals surface area (Å²) in [6, 6.07) is 9.73. The van der Waals surface area contributed by atoms with E-state index in [1.165, 1.54) is 0 Å². The molecule has 0 aliphatic carbocycles. The Morgan fingerprint density at radius 1 is 1.25 bits per heavy atom. The Kier molecular flexibility index (Phi) is 3.72. The molecule has 0 heterocycles. The van der Waals surface area contributed by atoms with Gasteiger partial charge in [-0.3, -0.25) is 0 Å². The van der Waals surface area contributed by atoms with Crippen molar-refractivity contribution in [3.8, 4) is 5.75 Å². The second kappa shape index (κ2) is 5.19. The van der Waals surface area contributed by atoms with E-state index in [0.29, 0.717) is 6.61 Å². The number of allylic oxidation sites excluding steroid dienone is 2. The van der Waals surface area contributed by atoms with E-state index in [2.05, 4.69) is 6.58 Å². The lowest BCUT2D eigenvalue weighted by molar-refractivity contribution is 0.363. The van der Waals surface area contributed by atoms with Crippen molar-refractivity contribution in [2.75, 3.05) is 6.61 Å². The summed E-state index contributed by atoms with van der Waals surface area (Å²) in [4.78, 5) is 0. The molecule has 0 N–H and O–H groups in total. The molecule has 0 bridgehead atoms. The molecule has 0 aromatic heterocycles. The van der Waals surface area contributed by atoms with Crippen LogP contribution in [0.1, 0.15) is 0 Å². The molecule has 12 heavy (non-hydrogen) atoms. The lowest BCUT2D eigenvalue weighted by Gasteiger charge is -2.00. The van der Waals surface area contributed by atoms with Gasteiger partial charge in [-0.2, -0.15) is 0 Å². The van der Waals surface area contributed by atoms with Gasteiger partial charge in [0, 0.05) is 0 Å². The van der Waals surface area contributed by atoms with Crippen LogP contribution in [0.2, 0.25) is 0 Å². The van der Waals surface area contributed by atoms with E-state index in [4.69, 9.17) is 4.74 Å². The zero-order valence-corrected chi connectivity index (χ0v) is 6.94. The van der Waals surface area contributed by atoms with Gasteiger partial charge in [-0.15, -0.1) is 0 Å². The van der Waals surface area contributed by atoms with Gasteiger partial charge in [0.25, 0.3) is 0 Å². The quantitative estimate of drug-likeness (QED) is 0.615. The van der Waals surface area contributed by atoms with Crippen molar-refractivity contribution < 1.29 is 4.74 Å². The van der Waals surface area contributed by atoms with Crippen molar-refractivity contribution in [3.63, 3.8) is 0 Å². The fourth-order valence-electron chi connectivity index (χ4n) is 0.813. The number of hydrogen-bond donors (Lipinski definition) is 0. The molecule has 0 atom stereocenters. The molecule has 1 heteroatoms. The highest BCUT2D eigenvalue weighted by atomic mass is 16.5. The van der Waals surface area contributed by atoms with Crippen LogP contribution in [0.25, 0.3) is 0 Å². The van der Waals surface area contributed by atoms with Gasteiger partial charge in [0.1, 0.15) is 12.4 Å². The predicted molar refractivity (Wildman–Crippen MR) is 51.3 cm³/mol. The maximum Gasteiger partial charge on any atom is 0.119 e. The Morgan fingerprint density at radius 3 is 2.67 bits per heavy atom. The Labute approximate surface area is 73.0 Å². The smallest absolute Gasteiger partial charge is 0.119 e. The van der Waals surface area contributed by atoms with Crippen LogP contribution in [0.3, 0.4) is 0 Å². The number of hydrogen-bond acceptors (Lipinski definition) is 1. The minimum atomic E-state index is 0.593. The third-order valence-corrected chi connectivity index (χ3v) is 1.36. The molecule has 1 rings (SSSR count). The summed E-state index contributed by atoms with van der Waals surface area (Å²) in [5, 5.41) is 0. The molecule has 0 amide bonds. The van der Waals surface area contributed by atoms with E-state index in [9.17, 15) is 0 Å². The van der Waals surface area contributed by atoms with Gasteiger partial charge in [-0.1, -0.05) is 36.9 Å². The van der Waals surface area contributed by atoms with E-state index in [1.54, 1.807) is 6.08 Å². The second-order valence-electron chi connectivity index (χ2n) is 2.29. The lowest BCUT2D eigenvalue weighted by atomic mass is 10.3. The van der Waals surface area contributed by atoms with Gasteiger partial charge in [0.15, 0.2) is 0 Å². The van der Waals surface area contributed by atoms with Crippen LogP contribution < -0.4 is 4.74 Å². The van der Waals surface area contributed by atoms with Gasteiger partial charge < -0.3 is 4.74 Å². The molecule has 1 aromatic rings. The molecule has 0 saturated carbocycles. The molecule has 62 valence electrons. The number of ether oxygens (including phenoxy) is 1. The van der Waals surface area contributed by atoms with Crippen molar-refractivity contribution in [2.24, 2.45) is 0 Å². The summed E-state index contributed by atoms with van der Waals surface area (Å²) < 4.78 is 5.37. The Bertz CT molecular complexity index is 249. The van der Waals surface area contributed by atoms with Gasteiger partial charge >= 0.3 is 0 Å². The first-order chi connectivity index (χ1) is 5.93. The Balaban J connectivity index is 2.33. The highest BCUT2D eigenvalue weighted by Crippen LogP contribution is 2.07. The van der Waals surface area contributed by atoms with Crippen LogP contribution >= 0.6 is 0 Å². The summed E-state index contributed by atoms with van der Waals surface area (Å²) in [5.41, 5.74) is 0. The average molecular weight is 160 g/mol. The van der Waals surface area contributed by atoms with Crippen LogP contribution in [0, 0.1) is 0 Å². The minimum Gasteiger partial charge on any atom is -0.490 e. The molecule has 0 radical (unpaired) electrons. The number of para-hydroxylation sites is 1. The molecule has 0 aliphatic heterocycles. The van der Waals surface area contributed by atoms with Crippen molar-refractivity contribution in [1.29, 1.82) is 0 Å². The topological polar surface area (TPSA) is 9.23 Å². The largest absolute Gasteiger partial charge is 0.490 e. The monoisotopic (exact) mass is 160 g/mol. The first-order valence-corrected chi connectivity index (χ1v) is 3.89. The summed E-state index contributed by atoms with van der Waals surface area (Å²) in [7, 11) is 0. The van der Waals surface area contributed by atoms with E-state index in [-0.39, 0.29) is 0 Å². The number of benzene rings is 1. The van der Waals surface area contributed by atoms with Crippen LogP contribution in [-0.2, 0) is 0 Å². The average Bonchev–Trinajstić information content (AvgIpc) is 2.14. The van der Waals surface area contributed by atoms with Crippen molar-refractivity contribution in [2.45, 2.75) is 0 Å². The lowest BCUT2D eigenvalue weighted by Crippen LogP contribution is -1.91. The molecule has 0 aliphatic rings. The number of rotatable bonds is 4. The molecule has 1 nitrogen and oxygen atoms in total. The van der Waals surface area contributed by atoms with Crippen molar-refractivity contribution >= 4 is 0 Å². The fourth-order valence-corrected chi connectivity index (χ4v) is 0.813. The Hall–Kier alpha value is -1.50. The maximum atomic E-state index is 5.37. The van der Waals surface area contributed by atoms with Crippen LogP contribution in [0.4, 0.5) is 0 Å². The van der Waals surface area contributed by atoms with E-state index in [1.807, 2.05) is 42.5 Å². The second-order valence-corrected chi connectivity index (χ2v) is 2.29. The highest BCUT2D eigenvalue weighted by Gasteiger charge is 1.85. The summed E-state index contributed by atoms with van der Waals surface area (Å²) >= 11 is 0. The molecule has 0 fully saturated rings. The van der Waals surface area contributed by atoms with Gasteiger partial charge in [-0.25, -0.2) is 0 Å². The van der Waals surface area contributed by atoms with Crippen LogP contribution in [-0.4, -0.2) is 6.61 Å². The van der Waals surface area contributed by atoms with Crippen LogP contribution in [0.15, 0.2) is 55.1 Å². The molecule has 1 aromatic carbocycles. The summed E-state index contributed by atoms with van der Waals surface area (Å²) in [5.74, 6) is 0.895. The minimum absolute atomic E-state index is 0.593. The molecule has 0 unspecified atom stereocenters. The third-order valence-electron chi connectivity index (χ3n) is 1.36. The van der Waals surface area contributed by atoms with E-state index in [0.717, 1.165) is 5.75 Å². The third kappa shape index (κ3) is 3.06. The van der Waals surface area contributed by atoms with Gasteiger partial charge in [0.2, 0.25) is 0 Å². The highest BCUT2D eigenvalue weighted by molar-refractivity contribution is 5.21. The van der Waals surface area contributed by atoms with Gasteiger partial charge in [-0.05, 0) is 18.2 Å². The normalized spacial score (nSPS) is 10.0. The summed E-state index contributed by atoms with van der Waals surface area (Å²) in [6.45, 7) is 4.16. The summed E-state index contributed by atoms with van der Waals surface area (Å²) in [6.07, 6.45) is 5.51. The maximum absolute atomic E-state index is 5.37. The first-order valence-electron chi connectivity index (χ1n) is 3.89. The van der Waals surface area contributed by atoms with E-state index >= 15 is 0 Å².